The Kier molecular flexibility index (Phi) is 10.3. The highest BCUT2D eigenvalue weighted by molar-refractivity contribution is 7.89. The Bertz CT molecular complexity index is 1380. The first-order valence-corrected chi connectivity index (χ1v) is 15.0. The molecule has 9 nitrogen and oxygen atoms in total. The fourth-order valence-electron chi connectivity index (χ4n) is 4.15. The van der Waals surface area contributed by atoms with Crippen LogP contribution in [0.3, 0.4) is 0 Å². The fraction of sp³-hybridized carbons (Fsp3) is 0.321. The summed E-state index contributed by atoms with van der Waals surface area (Å²) in [5, 5.41) is 16.2. The summed E-state index contributed by atoms with van der Waals surface area (Å²) < 4.78 is 57.5. The normalized spacial score (nSPS) is 17.2. The van der Waals surface area contributed by atoms with Gasteiger partial charge in [-0.15, -0.1) is 0 Å². The molecule has 2 aromatic carbocycles. The lowest BCUT2D eigenvalue weighted by molar-refractivity contribution is -0.146. The number of nitrogens with zero attached hydrogens (tertiary/aromatic N) is 1. The number of halogens is 1. The van der Waals surface area contributed by atoms with Gasteiger partial charge in [0.25, 0.3) is 5.91 Å². The van der Waals surface area contributed by atoms with E-state index in [1.54, 1.807) is 30.3 Å². The van der Waals surface area contributed by atoms with Gasteiger partial charge in [-0.05, 0) is 70.4 Å². The summed E-state index contributed by atoms with van der Waals surface area (Å²) in [7, 11) is -2.41. The molecular formula is C28H31FN2O7S2. The van der Waals surface area contributed by atoms with Crippen molar-refractivity contribution in [1.29, 1.82) is 0 Å². The third kappa shape index (κ3) is 7.67. The maximum atomic E-state index is 13.2. The highest BCUT2D eigenvalue weighted by Crippen LogP contribution is 2.32. The Balaban J connectivity index is 1.40. The quantitative estimate of drug-likeness (QED) is 0.313. The summed E-state index contributed by atoms with van der Waals surface area (Å²) in [5.41, 5.74) is 1.74. The molecule has 0 saturated carbocycles. The molecule has 0 fully saturated rings. The summed E-state index contributed by atoms with van der Waals surface area (Å²) in [6, 6.07) is 13.8. The molecule has 0 saturated heterocycles. The number of hydrogen-bond donors (Lipinski definition) is 2. The molecule has 214 valence electrons. The third-order valence-electron chi connectivity index (χ3n) is 6.31. The van der Waals surface area contributed by atoms with Gasteiger partial charge >= 0.3 is 0 Å². The first-order chi connectivity index (χ1) is 19.3. The SMILES string of the molecule is COc1ccc(S(=O)(=O)N(CCO)CCO[C@H]2C[C@@H](c3ccsc3)C=C(C(=O)NCc3ccc(F)cc3)O2)cc1. The van der Waals surface area contributed by atoms with Crippen molar-refractivity contribution < 1.29 is 36.9 Å². The number of aliphatic hydroxyl groups excluding tert-OH is 1. The number of hydrogen-bond acceptors (Lipinski definition) is 8. The van der Waals surface area contributed by atoms with E-state index in [1.807, 2.05) is 16.8 Å². The average molecular weight is 591 g/mol. The van der Waals surface area contributed by atoms with Crippen LogP contribution in [0.15, 0.2) is 82.1 Å². The highest BCUT2D eigenvalue weighted by Gasteiger charge is 2.30. The van der Waals surface area contributed by atoms with E-state index in [1.165, 1.54) is 42.7 Å². The van der Waals surface area contributed by atoms with E-state index in [0.29, 0.717) is 12.2 Å². The van der Waals surface area contributed by atoms with Crippen molar-refractivity contribution in [3.8, 4) is 5.75 Å². The van der Waals surface area contributed by atoms with Gasteiger partial charge < -0.3 is 24.6 Å². The number of thiophene rings is 1. The minimum absolute atomic E-state index is 0.0269. The Hall–Kier alpha value is -3.29. The van der Waals surface area contributed by atoms with Crippen molar-refractivity contribution in [1.82, 2.24) is 9.62 Å². The number of nitrogens with one attached hydrogen (secondary N) is 1. The first kappa shape index (κ1) is 29.7. The van der Waals surface area contributed by atoms with E-state index in [9.17, 15) is 22.7 Å². The molecule has 0 bridgehead atoms. The molecule has 0 aliphatic carbocycles. The van der Waals surface area contributed by atoms with Gasteiger partial charge in [0, 0.05) is 32.0 Å². The number of ether oxygens (including phenoxy) is 3. The van der Waals surface area contributed by atoms with Crippen LogP contribution in [-0.4, -0.2) is 63.4 Å². The molecule has 40 heavy (non-hydrogen) atoms. The van der Waals surface area contributed by atoms with E-state index >= 15 is 0 Å². The molecule has 1 amide bonds. The molecule has 1 aliphatic rings. The Morgan fingerprint density at radius 3 is 2.55 bits per heavy atom. The van der Waals surface area contributed by atoms with Crippen LogP contribution in [0.1, 0.15) is 23.5 Å². The zero-order valence-electron chi connectivity index (χ0n) is 21.9. The minimum atomic E-state index is -3.90. The van der Waals surface area contributed by atoms with Gasteiger partial charge in [-0.3, -0.25) is 4.79 Å². The van der Waals surface area contributed by atoms with Crippen molar-refractivity contribution >= 4 is 27.3 Å². The van der Waals surface area contributed by atoms with Crippen LogP contribution >= 0.6 is 11.3 Å². The molecular weight excluding hydrogens is 559 g/mol. The van der Waals surface area contributed by atoms with Gasteiger partial charge in [-0.2, -0.15) is 15.6 Å². The maximum Gasteiger partial charge on any atom is 0.286 e. The monoisotopic (exact) mass is 590 g/mol. The van der Waals surface area contributed by atoms with E-state index in [2.05, 4.69) is 5.32 Å². The van der Waals surface area contributed by atoms with Gasteiger partial charge in [0.2, 0.25) is 16.3 Å². The molecule has 0 spiro atoms. The number of amides is 1. The van der Waals surface area contributed by atoms with E-state index < -0.39 is 22.2 Å². The van der Waals surface area contributed by atoms with E-state index in [-0.39, 0.29) is 55.2 Å². The lowest BCUT2D eigenvalue weighted by atomic mass is 9.95. The lowest BCUT2D eigenvalue weighted by Crippen LogP contribution is -2.38. The predicted molar refractivity (Wildman–Crippen MR) is 148 cm³/mol. The summed E-state index contributed by atoms with van der Waals surface area (Å²) >= 11 is 1.54. The van der Waals surface area contributed by atoms with Crippen LogP contribution < -0.4 is 10.1 Å². The van der Waals surface area contributed by atoms with Crippen LogP contribution in [0.5, 0.6) is 5.75 Å². The number of allylic oxidation sites excluding steroid dienone is 1. The van der Waals surface area contributed by atoms with Crippen molar-refractivity contribution in [2.24, 2.45) is 0 Å². The van der Waals surface area contributed by atoms with Crippen LogP contribution in [-0.2, 0) is 30.8 Å². The number of aliphatic hydroxyl groups is 1. The molecule has 0 radical (unpaired) electrons. The van der Waals surface area contributed by atoms with Gasteiger partial charge in [0.05, 0.1) is 25.2 Å². The van der Waals surface area contributed by atoms with Crippen molar-refractivity contribution in [2.75, 3.05) is 33.4 Å². The number of carbonyl (C=O) groups is 1. The van der Waals surface area contributed by atoms with Crippen LogP contribution in [0.25, 0.3) is 0 Å². The first-order valence-electron chi connectivity index (χ1n) is 12.6. The fourth-order valence-corrected chi connectivity index (χ4v) is 6.29. The van der Waals surface area contributed by atoms with Crippen LogP contribution in [0.2, 0.25) is 0 Å². The molecule has 0 unspecified atom stereocenters. The number of benzene rings is 2. The standard InChI is InChI=1S/C28H31FN2O7S2/c1-36-24-6-8-25(9-7-24)40(34,35)31(11-13-32)12-14-37-27-17-22(21-10-15-39-19-21)16-26(38-27)28(33)30-18-20-2-4-23(29)5-3-20/h2-10,15-16,19,22,27,32H,11-14,17-18H2,1H3,(H,30,33)/t22-,27+/m0/s1. The third-order valence-corrected chi connectivity index (χ3v) is 8.92. The molecule has 1 aliphatic heterocycles. The molecule has 2 heterocycles. The van der Waals surface area contributed by atoms with Crippen molar-refractivity contribution in [3.05, 3.63) is 94.1 Å². The minimum Gasteiger partial charge on any atom is -0.497 e. The second-order valence-corrected chi connectivity index (χ2v) is 11.7. The Morgan fingerprint density at radius 1 is 1.15 bits per heavy atom. The number of sulfonamides is 1. The molecule has 4 rings (SSSR count). The molecule has 1 aromatic heterocycles. The summed E-state index contributed by atoms with van der Waals surface area (Å²) in [5.74, 6) is -0.333. The average Bonchev–Trinajstić information content (AvgIpc) is 3.51. The second-order valence-electron chi connectivity index (χ2n) is 8.96. The Morgan fingerprint density at radius 2 is 1.90 bits per heavy atom. The van der Waals surface area contributed by atoms with Crippen LogP contribution in [0.4, 0.5) is 4.39 Å². The number of rotatable bonds is 13. The second kappa shape index (κ2) is 13.9. The lowest BCUT2D eigenvalue weighted by Gasteiger charge is -2.30. The smallest absolute Gasteiger partial charge is 0.286 e. The van der Waals surface area contributed by atoms with Gasteiger partial charge in [0.15, 0.2) is 5.76 Å². The van der Waals surface area contributed by atoms with Gasteiger partial charge in [0.1, 0.15) is 11.6 Å². The molecule has 12 heteroatoms. The predicted octanol–water partition coefficient (Wildman–Crippen LogP) is 3.63. The van der Waals surface area contributed by atoms with E-state index in [0.717, 1.165) is 15.4 Å². The maximum absolute atomic E-state index is 13.2. The molecule has 2 atom stereocenters. The zero-order chi connectivity index (χ0) is 28.5. The summed E-state index contributed by atoms with van der Waals surface area (Å²) in [4.78, 5) is 13.0. The van der Waals surface area contributed by atoms with Gasteiger partial charge in [-0.25, -0.2) is 12.8 Å². The zero-order valence-corrected chi connectivity index (χ0v) is 23.5. The largest absolute Gasteiger partial charge is 0.497 e. The topological polar surface area (TPSA) is 114 Å². The molecule has 3 aromatic rings. The highest BCUT2D eigenvalue weighted by atomic mass is 32.2. The molecule has 2 N–H and O–H groups in total. The summed E-state index contributed by atoms with van der Waals surface area (Å²) in [6.45, 7) is -0.350. The summed E-state index contributed by atoms with van der Waals surface area (Å²) in [6.07, 6.45) is 1.37. The number of carbonyl (C=O) groups excluding carboxylic acids is 1. The Labute approximate surface area is 236 Å². The van der Waals surface area contributed by atoms with E-state index in [4.69, 9.17) is 14.2 Å². The van der Waals surface area contributed by atoms with Crippen LogP contribution in [0, 0.1) is 5.82 Å². The number of methoxy groups -OCH3 is 1. The van der Waals surface area contributed by atoms with Gasteiger partial charge in [-0.1, -0.05) is 12.1 Å². The van der Waals surface area contributed by atoms with Crippen molar-refractivity contribution in [3.63, 3.8) is 0 Å². The van der Waals surface area contributed by atoms with Crippen molar-refractivity contribution in [2.45, 2.75) is 30.1 Å².